The van der Waals surface area contributed by atoms with Gasteiger partial charge in [0.05, 0.1) is 17.7 Å². The number of carbonyl (C=O) groups is 1. The Morgan fingerprint density at radius 1 is 1.63 bits per heavy atom. The van der Waals surface area contributed by atoms with Crippen LogP contribution in [0.15, 0.2) is 22.8 Å². The van der Waals surface area contributed by atoms with Crippen molar-refractivity contribution >= 4 is 11.6 Å². The van der Waals surface area contributed by atoms with Crippen LogP contribution in [0.5, 0.6) is 0 Å². The number of aryl methyl sites for hydroxylation is 2. The molecule has 0 saturated heterocycles. The van der Waals surface area contributed by atoms with Crippen molar-refractivity contribution in [2.45, 2.75) is 13.5 Å². The lowest BCUT2D eigenvalue weighted by molar-refractivity contribution is -0.385. The van der Waals surface area contributed by atoms with Crippen LogP contribution in [-0.4, -0.2) is 20.6 Å². The van der Waals surface area contributed by atoms with Crippen LogP contribution in [0.4, 0.5) is 5.69 Å². The van der Waals surface area contributed by atoms with E-state index in [1.165, 1.54) is 24.9 Å². The van der Waals surface area contributed by atoms with E-state index in [9.17, 15) is 14.9 Å². The predicted octanol–water partition coefficient (Wildman–Crippen LogP) is 1.16. The molecule has 2 aromatic heterocycles. The number of carbonyl (C=O) groups excluding carboxylic acids is 1. The Balaban J connectivity index is 2.21. The molecule has 19 heavy (non-hydrogen) atoms. The number of nitro groups is 1. The third-order valence-corrected chi connectivity index (χ3v) is 2.59. The van der Waals surface area contributed by atoms with E-state index in [4.69, 9.17) is 4.42 Å². The zero-order valence-corrected chi connectivity index (χ0v) is 10.4. The van der Waals surface area contributed by atoms with E-state index in [1.807, 2.05) is 0 Å². The van der Waals surface area contributed by atoms with E-state index in [0.717, 1.165) is 0 Å². The van der Waals surface area contributed by atoms with Gasteiger partial charge in [0.2, 0.25) is 5.69 Å². The van der Waals surface area contributed by atoms with E-state index >= 15 is 0 Å². The van der Waals surface area contributed by atoms with Crippen molar-refractivity contribution < 1.29 is 14.1 Å². The molecule has 100 valence electrons. The molecule has 0 bridgehead atoms. The standard InChI is InChI=1S/C11H12N4O4/c1-7-9(15(17)18)10(14(2)13-7)11(16)12-6-8-4-3-5-19-8/h3-5H,6H2,1-2H3,(H,12,16). The third-order valence-electron chi connectivity index (χ3n) is 2.59. The van der Waals surface area contributed by atoms with Crippen molar-refractivity contribution in [2.75, 3.05) is 0 Å². The monoisotopic (exact) mass is 264 g/mol. The van der Waals surface area contributed by atoms with E-state index in [-0.39, 0.29) is 23.6 Å². The van der Waals surface area contributed by atoms with Gasteiger partial charge >= 0.3 is 5.69 Å². The van der Waals surface area contributed by atoms with Crippen LogP contribution in [0.2, 0.25) is 0 Å². The summed E-state index contributed by atoms with van der Waals surface area (Å²) in [6.07, 6.45) is 1.48. The highest BCUT2D eigenvalue weighted by atomic mass is 16.6. The number of rotatable bonds is 4. The van der Waals surface area contributed by atoms with Gasteiger partial charge < -0.3 is 9.73 Å². The van der Waals surface area contributed by atoms with Gasteiger partial charge in [0, 0.05) is 7.05 Å². The van der Waals surface area contributed by atoms with E-state index in [2.05, 4.69) is 10.4 Å². The fourth-order valence-corrected chi connectivity index (χ4v) is 1.78. The van der Waals surface area contributed by atoms with Crippen molar-refractivity contribution in [3.05, 3.63) is 45.7 Å². The highest BCUT2D eigenvalue weighted by molar-refractivity contribution is 5.96. The molecule has 0 aliphatic rings. The number of nitrogens with one attached hydrogen (secondary N) is 1. The lowest BCUT2D eigenvalue weighted by Crippen LogP contribution is -2.25. The first-order valence-corrected chi connectivity index (χ1v) is 5.49. The first-order valence-electron chi connectivity index (χ1n) is 5.49. The molecule has 0 aromatic carbocycles. The van der Waals surface area contributed by atoms with Crippen LogP contribution in [-0.2, 0) is 13.6 Å². The van der Waals surface area contributed by atoms with Gasteiger partial charge in [-0.1, -0.05) is 0 Å². The molecule has 0 aliphatic carbocycles. The van der Waals surface area contributed by atoms with Crippen LogP contribution >= 0.6 is 0 Å². The smallest absolute Gasteiger partial charge is 0.322 e. The molecule has 2 heterocycles. The summed E-state index contributed by atoms with van der Waals surface area (Å²) in [5, 5.41) is 17.4. The van der Waals surface area contributed by atoms with Crippen LogP contribution in [0.1, 0.15) is 21.9 Å². The predicted molar refractivity (Wildman–Crippen MR) is 64.5 cm³/mol. The van der Waals surface area contributed by atoms with Crippen LogP contribution in [0.3, 0.4) is 0 Å². The number of hydrogen-bond donors (Lipinski definition) is 1. The molecule has 1 N–H and O–H groups in total. The van der Waals surface area contributed by atoms with E-state index in [1.54, 1.807) is 12.1 Å². The molecule has 0 unspecified atom stereocenters. The van der Waals surface area contributed by atoms with Gasteiger partial charge in [0.25, 0.3) is 5.91 Å². The van der Waals surface area contributed by atoms with Crippen molar-refractivity contribution in [2.24, 2.45) is 7.05 Å². The average molecular weight is 264 g/mol. The number of furan rings is 1. The molecule has 0 aliphatic heterocycles. The summed E-state index contributed by atoms with van der Waals surface area (Å²) in [6.45, 7) is 1.65. The summed E-state index contributed by atoms with van der Waals surface area (Å²) in [5.41, 5.74) is -0.149. The Kier molecular flexibility index (Phi) is 3.32. The molecular weight excluding hydrogens is 252 g/mol. The molecule has 2 aromatic rings. The van der Waals surface area contributed by atoms with Gasteiger partial charge in [0.1, 0.15) is 11.5 Å². The van der Waals surface area contributed by atoms with Crippen molar-refractivity contribution in [3.63, 3.8) is 0 Å². The molecule has 2 rings (SSSR count). The largest absolute Gasteiger partial charge is 0.467 e. The van der Waals surface area contributed by atoms with Crippen LogP contribution in [0, 0.1) is 17.0 Å². The first kappa shape index (κ1) is 12.8. The van der Waals surface area contributed by atoms with Gasteiger partial charge in [-0.15, -0.1) is 0 Å². The second-order valence-corrected chi connectivity index (χ2v) is 3.93. The Hall–Kier alpha value is -2.64. The van der Waals surface area contributed by atoms with Gasteiger partial charge in [-0.05, 0) is 19.1 Å². The quantitative estimate of drug-likeness (QED) is 0.659. The molecular formula is C11H12N4O4. The summed E-state index contributed by atoms with van der Waals surface area (Å²) in [5.74, 6) is 0.00101. The lowest BCUT2D eigenvalue weighted by Gasteiger charge is -2.03. The Morgan fingerprint density at radius 2 is 2.37 bits per heavy atom. The second kappa shape index (κ2) is 4.92. The molecule has 0 radical (unpaired) electrons. The van der Waals surface area contributed by atoms with Crippen LogP contribution < -0.4 is 5.32 Å². The molecule has 1 amide bonds. The molecule has 8 heteroatoms. The normalized spacial score (nSPS) is 10.4. The van der Waals surface area contributed by atoms with Crippen LogP contribution in [0.25, 0.3) is 0 Å². The van der Waals surface area contributed by atoms with Gasteiger partial charge in [-0.25, -0.2) is 0 Å². The zero-order valence-electron chi connectivity index (χ0n) is 10.4. The SMILES string of the molecule is Cc1nn(C)c(C(=O)NCc2ccco2)c1[N+](=O)[O-]. The molecule has 8 nitrogen and oxygen atoms in total. The van der Waals surface area contributed by atoms with Crippen molar-refractivity contribution in [1.82, 2.24) is 15.1 Å². The van der Waals surface area contributed by atoms with Crippen molar-refractivity contribution in [1.29, 1.82) is 0 Å². The summed E-state index contributed by atoms with van der Waals surface area (Å²) < 4.78 is 6.26. The number of aromatic nitrogens is 2. The third kappa shape index (κ3) is 2.46. The minimum absolute atomic E-state index is 0.0749. The van der Waals surface area contributed by atoms with Gasteiger partial charge in [-0.3, -0.25) is 19.6 Å². The maximum absolute atomic E-state index is 12.0. The second-order valence-electron chi connectivity index (χ2n) is 3.93. The molecule has 0 saturated carbocycles. The van der Waals surface area contributed by atoms with E-state index < -0.39 is 10.8 Å². The Bertz CT molecular complexity index is 615. The first-order chi connectivity index (χ1) is 9.00. The zero-order chi connectivity index (χ0) is 14.0. The Labute approximate surface area is 108 Å². The molecule has 0 atom stereocenters. The maximum atomic E-state index is 12.0. The summed E-state index contributed by atoms with van der Waals surface area (Å²) in [4.78, 5) is 22.3. The highest BCUT2D eigenvalue weighted by Crippen LogP contribution is 2.22. The van der Waals surface area contributed by atoms with Gasteiger partial charge in [0.15, 0.2) is 0 Å². The molecule has 0 fully saturated rings. The summed E-state index contributed by atoms with van der Waals surface area (Å²) in [6, 6.07) is 3.39. The highest BCUT2D eigenvalue weighted by Gasteiger charge is 2.29. The summed E-state index contributed by atoms with van der Waals surface area (Å²) in [7, 11) is 1.49. The lowest BCUT2D eigenvalue weighted by atomic mass is 10.3. The minimum Gasteiger partial charge on any atom is -0.467 e. The topological polar surface area (TPSA) is 103 Å². The fraction of sp³-hybridized carbons (Fsp3) is 0.273. The Morgan fingerprint density at radius 3 is 2.95 bits per heavy atom. The van der Waals surface area contributed by atoms with Gasteiger partial charge in [-0.2, -0.15) is 5.10 Å². The molecule has 0 spiro atoms. The van der Waals surface area contributed by atoms with E-state index in [0.29, 0.717) is 5.76 Å². The number of nitrogens with zero attached hydrogens (tertiary/aromatic N) is 3. The minimum atomic E-state index is -0.607. The number of hydrogen-bond acceptors (Lipinski definition) is 5. The van der Waals surface area contributed by atoms with Crippen molar-refractivity contribution in [3.8, 4) is 0 Å². The average Bonchev–Trinajstić information content (AvgIpc) is 2.93. The number of amides is 1. The fourth-order valence-electron chi connectivity index (χ4n) is 1.78. The summed E-state index contributed by atoms with van der Waals surface area (Å²) >= 11 is 0. The maximum Gasteiger partial charge on any atom is 0.322 e.